The van der Waals surface area contributed by atoms with Crippen LogP contribution in [0.3, 0.4) is 0 Å². The van der Waals surface area contributed by atoms with Crippen molar-refractivity contribution in [3.05, 3.63) is 94.2 Å². The van der Waals surface area contributed by atoms with Gasteiger partial charge in [-0.1, -0.05) is 19.9 Å². The van der Waals surface area contributed by atoms with Crippen LogP contribution in [0.5, 0.6) is 0 Å². The predicted octanol–water partition coefficient (Wildman–Crippen LogP) is 5.07. The molecule has 2 N–H and O–H groups in total. The Balaban J connectivity index is 1.50. The summed E-state index contributed by atoms with van der Waals surface area (Å²) in [5.74, 6) is 0.164. The van der Waals surface area contributed by atoms with Crippen LogP contribution in [0.1, 0.15) is 44.5 Å². The van der Waals surface area contributed by atoms with Gasteiger partial charge < -0.3 is 15.2 Å². The molecule has 0 atom stereocenters. The number of benzene rings is 2. The van der Waals surface area contributed by atoms with Crippen LogP contribution in [0.25, 0.3) is 28.0 Å². The van der Waals surface area contributed by atoms with Crippen LogP contribution >= 0.6 is 0 Å². The van der Waals surface area contributed by atoms with E-state index in [1.165, 1.54) is 6.07 Å². The minimum Gasteiger partial charge on any atom is -0.387 e. The molecule has 1 amide bonds. The second kappa shape index (κ2) is 11.6. The van der Waals surface area contributed by atoms with Crippen LogP contribution in [0.15, 0.2) is 76.4 Å². The first-order chi connectivity index (χ1) is 19.4. The van der Waals surface area contributed by atoms with E-state index in [2.05, 4.69) is 15.0 Å². The summed E-state index contributed by atoms with van der Waals surface area (Å²) in [4.78, 5) is 41.0. The molecule has 5 rings (SSSR count). The maximum atomic E-state index is 15.6. The highest BCUT2D eigenvalue weighted by atomic mass is 19.1. The summed E-state index contributed by atoms with van der Waals surface area (Å²) < 4.78 is 17.1. The molecule has 1 aliphatic heterocycles. The highest BCUT2D eigenvalue weighted by molar-refractivity contribution is 6.05. The molecule has 0 aliphatic carbocycles. The first-order valence-electron chi connectivity index (χ1n) is 13.4. The van der Waals surface area contributed by atoms with Crippen molar-refractivity contribution >= 4 is 34.3 Å². The topological polar surface area (TPSA) is 106 Å². The number of aliphatic imine (C=N–C) groups is 1. The van der Waals surface area contributed by atoms with E-state index in [-0.39, 0.29) is 35.8 Å². The molecule has 4 aromatic rings. The Labute approximate surface area is 231 Å². The Hall–Kier alpha value is -4.66. The van der Waals surface area contributed by atoms with E-state index in [0.717, 1.165) is 23.8 Å². The van der Waals surface area contributed by atoms with Gasteiger partial charge >= 0.3 is 0 Å². The molecule has 3 heterocycles. The largest absolute Gasteiger partial charge is 0.387 e. The molecule has 204 valence electrons. The van der Waals surface area contributed by atoms with Crippen LogP contribution in [-0.4, -0.2) is 44.3 Å². The van der Waals surface area contributed by atoms with Gasteiger partial charge in [-0.15, -0.1) is 0 Å². The van der Waals surface area contributed by atoms with Gasteiger partial charge in [0.25, 0.3) is 5.56 Å². The number of amidine groups is 1. The molecule has 40 heavy (non-hydrogen) atoms. The van der Waals surface area contributed by atoms with Crippen molar-refractivity contribution in [2.24, 2.45) is 10.7 Å². The number of carbonyl (C=O) groups is 1. The first-order valence-corrected chi connectivity index (χ1v) is 13.4. The molecule has 0 fully saturated rings. The van der Waals surface area contributed by atoms with Gasteiger partial charge in [0.15, 0.2) is 0 Å². The Morgan fingerprint density at radius 2 is 1.80 bits per heavy atom. The number of amides is 1. The van der Waals surface area contributed by atoms with Gasteiger partial charge in [-0.05, 0) is 71.8 Å². The summed E-state index contributed by atoms with van der Waals surface area (Å²) in [6, 6.07) is 12.1. The minimum absolute atomic E-state index is 0.141. The molecular weight excluding hydrogens is 507 g/mol. The maximum absolute atomic E-state index is 15.6. The fraction of sp³-hybridized carbons (Fsp3) is 0.258. The SMILES string of the molecule is CCCN(CCC)C(=O)C1=Cc2c(F)cc(-c3ccc4c(=O)n(Cc5ncccn5)ccc4c3)cc2N=C(N)C1. The predicted molar refractivity (Wildman–Crippen MR) is 156 cm³/mol. The number of aromatic nitrogens is 3. The van der Waals surface area contributed by atoms with Crippen molar-refractivity contribution in [2.45, 2.75) is 39.7 Å². The third-order valence-corrected chi connectivity index (χ3v) is 6.85. The van der Waals surface area contributed by atoms with E-state index in [9.17, 15) is 9.59 Å². The summed E-state index contributed by atoms with van der Waals surface area (Å²) >= 11 is 0. The number of hydrogen-bond acceptors (Lipinski definition) is 6. The molecule has 0 saturated heterocycles. The molecule has 0 spiro atoms. The van der Waals surface area contributed by atoms with Gasteiger partial charge in [-0.3, -0.25) is 9.59 Å². The van der Waals surface area contributed by atoms with Crippen molar-refractivity contribution in [2.75, 3.05) is 13.1 Å². The van der Waals surface area contributed by atoms with E-state index < -0.39 is 5.82 Å². The molecule has 9 heteroatoms. The number of nitrogens with zero attached hydrogens (tertiary/aromatic N) is 5. The molecule has 2 aromatic carbocycles. The van der Waals surface area contributed by atoms with Crippen molar-refractivity contribution in [3.63, 3.8) is 0 Å². The lowest BCUT2D eigenvalue weighted by Gasteiger charge is -2.22. The normalized spacial score (nSPS) is 12.9. The molecule has 0 unspecified atom stereocenters. The number of fused-ring (bicyclic) bond motifs is 2. The standard InChI is InChI=1S/C31H31FN6O2/c1-3-11-37(12-4-2)30(39)23-15-25-26(32)16-22(17-27(25)36-28(33)18-23)20-6-7-24-21(14-20)8-13-38(31(24)40)19-29-34-9-5-10-35-29/h5-10,13-17H,3-4,11-12,18-19H2,1-2H3,(H2,33,36). The van der Waals surface area contributed by atoms with E-state index in [1.54, 1.807) is 58.4 Å². The zero-order valence-corrected chi connectivity index (χ0v) is 22.6. The van der Waals surface area contributed by atoms with Crippen LogP contribution in [0.4, 0.5) is 10.1 Å². The lowest BCUT2D eigenvalue weighted by molar-refractivity contribution is -0.127. The highest BCUT2D eigenvalue weighted by Gasteiger charge is 2.23. The van der Waals surface area contributed by atoms with Gasteiger partial charge in [0, 0.05) is 54.6 Å². The minimum atomic E-state index is -0.493. The van der Waals surface area contributed by atoms with Crippen molar-refractivity contribution in [1.29, 1.82) is 0 Å². The summed E-state index contributed by atoms with van der Waals surface area (Å²) in [5, 5.41) is 1.26. The monoisotopic (exact) mass is 538 g/mol. The molecule has 2 aromatic heterocycles. The summed E-state index contributed by atoms with van der Waals surface area (Å²) in [5.41, 5.74) is 8.39. The third kappa shape index (κ3) is 5.54. The second-order valence-electron chi connectivity index (χ2n) is 9.85. The molecular formula is C31H31FN6O2. The van der Waals surface area contributed by atoms with Crippen molar-refractivity contribution < 1.29 is 9.18 Å². The van der Waals surface area contributed by atoms with Crippen molar-refractivity contribution in [1.82, 2.24) is 19.4 Å². The van der Waals surface area contributed by atoms with Crippen LogP contribution in [0, 0.1) is 5.82 Å². The Kier molecular flexibility index (Phi) is 7.82. The van der Waals surface area contributed by atoms with E-state index in [0.29, 0.717) is 41.1 Å². The smallest absolute Gasteiger partial charge is 0.258 e. The molecule has 0 radical (unpaired) electrons. The summed E-state index contributed by atoms with van der Waals surface area (Å²) in [7, 11) is 0. The number of pyridine rings is 1. The first kappa shape index (κ1) is 26.9. The average Bonchev–Trinajstić information content (AvgIpc) is 3.13. The number of nitrogens with two attached hydrogens (primary N) is 1. The summed E-state index contributed by atoms with van der Waals surface area (Å²) in [6.07, 6.45) is 8.38. The van der Waals surface area contributed by atoms with E-state index in [1.807, 2.05) is 26.0 Å². The van der Waals surface area contributed by atoms with Gasteiger partial charge in [0.2, 0.25) is 5.91 Å². The van der Waals surface area contributed by atoms with Gasteiger partial charge in [-0.25, -0.2) is 19.4 Å². The number of halogens is 1. The third-order valence-electron chi connectivity index (χ3n) is 6.85. The number of carbonyl (C=O) groups excluding carboxylic acids is 1. The molecule has 8 nitrogen and oxygen atoms in total. The molecule has 0 saturated carbocycles. The maximum Gasteiger partial charge on any atom is 0.258 e. The Morgan fingerprint density at radius 1 is 1.05 bits per heavy atom. The Bertz CT molecular complexity index is 1690. The quantitative estimate of drug-likeness (QED) is 0.337. The number of hydrogen-bond donors (Lipinski definition) is 1. The zero-order chi connectivity index (χ0) is 28.2. The van der Waals surface area contributed by atoms with Gasteiger partial charge in [0.1, 0.15) is 17.5 Å². The second-order valence-corrected chi connectivity index (χ2v) is 9.85. The Morgan fingerprint density at radius 3 is 2.52 bits per heavy atom. The molecule has 0 bridgehead atoms. The fourth-order valence-electron chi connectivity index (χ4n) is 4.97. The van der Waals surface area contributed by atoms with E-state index >= 15 is 4.39 Å². The molecule has 1 aliphatic rings. The fourth-order valence-corrected chi connectivity index (χ4v) is 4.97. The van der Waals surface area contributed by atoms with Gasteiger partial charge in [0.05, 0.1) is 12.2 Å². The van der Waals surface area contributed by atoms with E-state index in [4.69, 9.17) is 5.73 Å². The van der Waals surface area contributed by atoms with Gasteiger partial charge in [-0.2, -0.15) is 0 Å². The lowest BCUT2D eigenvalue weighted by Crippen LogP contribution is -2.34. The summed E-state index contributed by atoms with van der Waals surface area (Å²) in [6.45, 7) is 5.56. The number of rotatable bonds is 8. The average molecular weight is 539 g/mol. The lowest BCUT2D eigenvalue weighted by atomic mass is 9.98. The zero-order valence-electron chi connectivity index (χ0n) is 22.6. The van der Waals surface area contributed by atoms with Crippen LogP contribution in [0.2, 0.25) is 0 Å². The van der Waals surface area contributed by atoms with Crippen LogP contribution < -0.4 is 11.3 Å². The van der Waals surface area contributed by atoms with Crippen LogP contribution in [-0.2, 0) is 11.3 Å². The van der Waals surface area contributed by atoms with Crippen molar-refractivity contribution in [3.8, 4) is 11.1 Å². The highest BCUT2D eigenvalue weighted by Crippen LogP contribution is 2.35.